The van der Waals surface area contributed by atoms with Crippen LogP contribution in [0.3, 0.4) is 0 Å². The summed E-state index contributed by atoms with van der Waals surface area (Å²) >= 11 is 1.69. The Morgan fingerprint density at radius 2 is 2.32 bits per heavy atom. The molecule has 1 fully saturated rings. The minimum Gasteiger partial charge on any atom is -0.480 e. The molecule has 2 atom stereocenters. The summed E-state index contributed by atoms with van der Waals surface area (Å²) in [6.07, 6.45) is 6.41. The Labute approximate surface area is 134 Å². The van der Waals surface area contributed by atoms with Crippen molar-refractivity contribution in [3.8, 4) is 0 Å². The van der Waals surface area contributed by atoms with Gasteiger partial charge in [0.2, 0.25) is 0 Å². The first-order chi connectivity index (χ1) is 10.7. The van der Waals surface area contributed by atoms with Gasteiger partial charge in [-0.25, -0.2) is 0 Å². The number of hydrogen-bond acceptors (Lipinski definition) is 4. The van der Waals surface area contributed by atoms with Crippen molar-refractivity contribution in [2.75, 3.05) is 6.54 Å². The number of rotatable bonds is 4. The van der Waals surface area contributed by atoms with E-state index in [1.165, 1.54) is 4.88 Å². The fourth-order valence-corrected chi connectivity index (χ4v) is 4.12. The number of aryl methyl sites for hydroxylation is 1. The van der Waals surface area contributed by atoms with Gasteiger partial charge in [-0.3, -0.25) is 14.7 Å². The highest BCUT2D eigenvalue weighted by atomic mass is 32.1. The standard InChI is InChI=1S/C17H20N2O2S/c1-12-11-18-8-7-13(12)16(15-6-4-10-22-15)19-9-3-2-5-14(19)17(20)21/h4,6-8,10-11,14,16H,2-3,5,9H2,1H3,(H,20,21). The SMILES string of the molecule is Cc1cnccc1C(c1cccs1)N1CCCCC1C(=O)O. The van der Waals surface area contributed by atoms with E-state index in [1.54, 1.807) is 17.5 Å². The van der Waals surface area contributed by atoms with Crippen LogP contribution in [0.4, 0.5) is 0 Å². The maximum absolute atomic E-state index is 11.7. The molecule has 0 saturated carbocycles. The molecular weight excluding hydrogens is 296 g/mol. The van der Waals surface area contributed by atoms with Gasteiger partial charge in [-0.1, -0.05) is 12.5 Å². The van der Waals surface area contributed by atoms with Crippen LogP contribution in [0.25, 0.3) is 0 Å². The molecule has 3 heterocycles. The largest absolute Gasteiger partial charge is 0.480 e. The number of carbonyl (C=O) groups is 1. The Kier molecular flexibility index (Phi) is 4.55. The lowest BCUT2D eigenvalue weighted by molar-refractivity contribution is -0.145. The molecule has 2 unspecified atom stereocenters. The van der Waals surface area contributed by atoms with Crippen molar-refractivity contribution in [2.45, 2.75) is 38.3 Å². The van der Waals surface area contributed by atoms with Gasteiger partial charge in [0, 0.05) is 17.3 Å². The van der Waals surface area contributed by atoms with Crippen LogP contribution in [0, 0.1) is 6.92 Å². The van der Waals surface area contributed by atoms with E-state index >= 15 is 0 Å². The monoisotopic (exact) mass is 316 g/mol. The van der Waals surface area contributed by atoms with Crippen LogP contribution in [0.5, 0.6) is 0 Å². The van der Waals surface area contributed by atoms with Crippen molar-refractivity contribution in [1.29, 1.82) is 0 Å². The van der Waals surface area contributed by atoms with Crippen molar-refractivity contribution in [3.05, 3.63) is 52.0 Å². The molecule has 5 heteroatoms. The Morgan fingerprint density at radius 1 is 1.45 bits per heavy atom. The van der Waals surface area contributed by atoms with E-state index in [1.807, 2.05) is 25.3 Å². The minimum atomic E-state index is -0.715. The summed E-state index contributed by atoms with van der Waals surface area (Å²) in [4.78, 5) is 19.2. The summed E-state index contributed by atoms with van der Waals surface area (Å²) in [5, 5.41) is 11.7. The average molecular weight is 316 g/mol. The zero-order chi connectivity index (χ0) is 15.5. The molecule has 2 aromatic heterocycles. The zero-order valence-electron chi connectivity index (χ0n) is 12.6. The summed E-state index contributed by atoms with van der Waals surface area (Å²) in [6.45, 7) is 2.87. The Balaban J connectivity index is 2.05. The van der Waals surface area contributed by atoms with Crippen LogP contribution in [0.1, 0.15) is 41.3 Å². The number of hydrogen-bond donors (Lipinski definition) is 1. The van der Waals surface area contributed by atoms with Crippen LogP contribution in [-0.4, -0.2) is 33.5 Å². The van der Waals surface area contributed by atoms with Crippen LogP contribution < -0.4 is 0 Å². The molecule has 22 heavy (non-hydrogen) atoms. The smallest absolute Gasteiger partial charge is 0.320 e. The molecule has 0 spiro atoms. The molecular formula is C17H20N2O2S. The molecule has 0 radical (unpaired) electrons. The first kappa shape index (κ1) is 15.2. The predicted molar refractivity (Wildman–Crippen MR) is 87.1 cm³/mol. The third kappa shape index (κ3) is 2.91. The number of aromatic nitrogens is 1. The zero-order valence-corrected chi connectivity index (χ0v) is 13.4. The first-order valence-corrected chi connectivity index (χ1v) is 8.49. The van der Waals surface area contributed by atoms with Gasteiger partial charge in [0.1, 0.15) is 6.04 Å². The maximum atomic E-state index is 11.7. The van der Waals surface area contributed by atoms with E-state index < -0.39 is 12.0 Å². The second kappa shape index (κ2) is 6.58. The quantitative estimate of drug-likeness (QED) is 0.938. The summed E-state index contributed by atoms with van der Waals surface area (Å²) in [5.74, 6) is -0.715. The van der Waals surface area contributed by atoms with Crippen LogP contribution in [0.15, 0.2) is 36.0 Å². The minimum absolute atomic E-state index is 0.00407. The molecule has 0 aromatic carbocycles. The van der Waals surface area contributed by atoms with Gasteiger partial charge in [0.05, 0.1) is 6.04 Å². The molecule has 4 nitrogen and oxygen atoms in total. The molecule has 1 aliphatic rings. The van der Waals surface area contributed by atoms with Crippen molar-refractivity contribution in [3.63, 3.8) is 0 Å². The van der Waals surface area contributed by atoms with Gasteiger partial charge < -0.3 is 5.11 Å². The molecule has 1 aliphatic heterocycles. The Bertz CT molecular complexity index is 642. The second-order valence-corrected chi connectivity index (χ2v) is 6.72. The van der Waals surface area contributed by atoms with E-state index in [4.69, 9.17) is 0 Å². The summed E-state index contributed by atoms with van der Waals surface area (Å²) in [7, 11) is 0. The van der Waals surface area contributed by atoms with Gasteiger partial charge in [-0.15, -0.1) is 11.3 Å². The molecule has 1 saturated heterocycles. The van der Waals surface area contributed by atoms with Gasteiger partial charge in [-0.2, -0.15) is 0 Å². The topological polar surface area (TPSA) is 53.4 Å². The molecule has 0 aliphatic carbocycles. The number of piperidine rings is 1. The molecule has 2 aromatic rings. The normalized spacial score (nSPS) is 20.7. The third-order valence-electron chi connectivity index (χ3n) is 4.33. The lowest BCUT2D eigenvalue weighted by Gasteiger charge is -2.39. The summed E-state index contributed by atoms with van der Waals surface area (Å²) in [6, 6.07) is 5.75. The number of carboxylic acids is 1. The number of nitrogens with zero attached hydrogens (tertiary/aromatic N) is 2. The molecule has 0 amide bonds. The number of carboxylic acid groups (broad SMARTS) is 1. The number of pyridine rings is 1. The van der Waals surface area contributed by atoms with E-state index in [9.17, 15) is 9.90 Å². The van der Waals surface area contributed by atoms with Crippen molar-refractivity contribution >= 4 is 17.3 Å². The number of likely N-dealkylation sites (tertiary alicyclic amines) is 1. The summed E-state index contributed by atoms with van der Waals surface area (Å²) in [5.41, 5.74) is 2.27. The summed E-state index contributed by atoms with van der Waals surface area (Å²) < 4.78 is 0. The highest BCUT2D eigenvalue weighted by Crippen LogP contribution is 2.37. The maximum Gasteiger partial charge on any atom is 0.320 e. The van der Waals surface area contributed by atoms with Crippen LogP contribution >= 0.6 is 11.3 Å². The van der Waals surface area contributed by atoms with Crippen molar-refractivity contribution in [1.82, 2.24) is 9.88 Å². The fourth-order valence-electron chi connectivity index (χ4n) is 3.26. The van der Waals surface area contributed by atoms with Gasteiger partial charge >= 0.3 is 5.97 Å². The van der Waals surface area contributed by atoms with Crippen molar-refractivity contribution < 1.29 is 9.90 Å². The number of thiophene rings is 1. The third-order valence-corrected chi connectivity index (χ3v) is 5.26. The first-order valence-electron chi connectivity index (χ1n) is 7.61. The number of aliphatic carboxylic acids is 1. The van der Waals surface area contributed by atoms with Gasteiger partial charge in [0.15, 0.2) is 0 Å². The van der Waals surface area contributed by atoms with E-state index in [2.05, 4.69) is 21.3 Å². The average Bonchev–Trinajstić information content (AvgIpc) is 3.04. The van der Waals surface area contributed by atoms with Gasteiger partial charge in [0.25, 0.3) is 0 Å². The predicted octanol–water partition coefficient (Wildman–Crippen LogP) is 3.48. The lowest BCUT2D eigenvalue weighted by atomic mass is 9.94. The Hall–Kier alpha value is -1.72. The lowest BCUT2D eigenvalue weighted by Crippen LogP contribution is -2.46. The molecule has 116 valence electrons. The van der Waals surface area contributed by atoms with Crippen LogP contribution in [0.2, 0.25) is 0 Å². The molecule has 3 rings (SSSR count). The fraction of sp³-hybridized carbons (Fsp3) is 0.412. The second-order valence-electron chi connectivity index (χ2n) is 5.74. The highest BCUT2D eigenvalue weighted by molar-refractivity contribution is 7.10. The van der Waals surface area contributed by atoms with E-state index in [0.717, 1.165) is 36.9 Å². The van der Waals surface area contributed by atoms with Crippen molar-refractivity contribution in [2.24, 2.45) is 0 Å². The Morgan fingerprint density at radius 3 is 3.00 bits per heavy atom. The molecule has 1 N–H and O–H groups in total. The van der Waals surface area contributed by atoms with E-state index in [-0.39, 0.29) is 6.04 Å². The molecule has 0 bridgehead atoms. The van der Waals surface area contributed by atoms with Gasteiger partial charge in [-0.05, 0) is 54.9 Å². The highest BCUT2D eigenvalue weighted by Gasteiger charge is 2.35. The van der Waals surface area contributed by atoms with E-state index in [0.29, 0.717) is 0 Å². The van der Waals surface area contributed by atoms with Crippen LogP contribution in [-0.2, 0) is 4.79 Å².